The van der Waals surface area contributed by atoms with Gasteiger partial charge in [0.15, 0.2) is 0 Å². The van der Waals surface area contributed by atoms with E-state index >= 15 is 0 Å². The van der Waals surface area contributed by atoms with Gasteiger partial charge in [-0.25, -0.2) is 4.79 Å². The number of hydrogen-bond acceptors (Lipinski definition) is 2. The number of carboxylic acid groups (broad SMARTS) is 1. The Morgan fingerprint density at radius 1 is 1.25 bits per heavy atom. The van der Waals surface area contributed by atoms with Crippen molar-refractivity contribution < 1.29 is 14.7 Å². The molecular formula is C16H23NO3. The molecule has 0 bridgehead atoms. The summed E-state index contributed by atoms with van der Waals surface area (Å²) in [5.74, 6) is -1.27. The van der Waals surface area contributed by atoms with Crippen molar-refractivity contribution in [2.24, 2.45) is 5.41 Å². The second-order valence-electron chi connectivity index (χ2n) is 6.31. The quantitative estimate of drug-likeness (QED) is 0.888. The van der Waals surface area contributed by atoms with Crippen LogP contribution in [0.1, 0.15) is 37.5 Å². The van der Waals surface area contributed by atoms with Gasteiger partial charge in [0, 0.05) is 0 Å². The van der Waals surface area contributed by atoms with E-state index in [4.69, 9.17) is 0 Å². The summed E-state index contributed by atoms with van der Waals surface area (Å²) in [6.45, 7) is 9.30. The fraction of sp³-hybridized carbons (Fsp3) is 0.500. The molecule has 0 fully saturated rings. The topological polar surface area (TPSA) is 66.4 Å². The molecule has 4 nitrogen and oxygen atoms in total. The Hall–Kier alpha value is -1.84. The number of carbonyl (C=O) groups excluding carboxylic acids is 1. The number of hydrogen-bond donors (Lipinski definition) is 2. The number of amides is 1. The number of carbonyl (C=O) groups is 2. The van der Waals surface area contributed by atoms with Crippen molar-refractivity contribution in [1.29, 1.82) is 0 Å². The van der Waals surface area contributed by atoms with E-state index in [9.17, 15) is 14.7 Å². The predicted octanol–water partition coefficient (Wildman–Crippen LogP) is 2.46. The minimum Gasteiger partial charge on any atom is -0.480 e. The van der Waals surface area contributed by atoms with Crippen LogP contribution in [0.4, 0.5) is 0 Å². The summed E-state index contributed by atoms with van der Waals surface area (Å²) < 4.78 is 0. The maximum Gasteiger partial charge on any atom is 0.326 e. The van der Waals surface area contributed by atoms with E-state index in [1.807, 2.05) is 32.0 Å². The minimum atomic E-state index is -1.01. The summed E-state index contributed by atoms with van der Waals surface area (Å²) in [4.78, 5) is 23.3. The molecular weight excluding hydrogens is 254 g/mol. The van der Waals surface area contributed by atoms with Gasteiger partial charge in [-0.1, -0.05) is 44.5 Å². The first-order chi connectivity index (χ1) is 9.11. The van der Waals surface area contributed by atoms with Crippen molar-refractivity contribution >= 4 is 11.9 Å². The molecule has 0 unspecified atom stereocenters. The van der Waals surface area contributed by atoms with Gasteiger partial charge in [0.05, 0.1) is 6.42 Å². The molecule has 110 valence electrons. The zero-order valence-corrected chi connectivity index (χ0v) is 12.8. The maximum absolute atomic E-state index is 12.1. The van der Waals surface area contributed by atoms with Crippen molar-refractivity contribution in [1.82, 2.24) is 5.32 Å². The molecule has 0 radical (unpaired) electrons. The van der Waals surface area contributed by atoms with Crippen LogP contribution < -0.4 is 5.32 Å². The first-order valence-corrected chi connectivity index (χ1v) is 6.69. The summed E-state index contributed by atoms with van der Waals surface area (Å²) in [6, 6.07) is 5.03. The average molecular weight is 277 g/mol. The number of rotatable bonds is 4. The van der Waals surface area contributed by atoms with Crippen LogP contribution in [0.5, 0.6) is 0 Å². The van der Waals surface area contributed by atoms with E-state index in [0.717, 1.165) is 16.7 Å². The van der Waals surface area contributed by atoms with Crippen LogP contribution in [0.25, 0.3) is 0 Å². The van der Waals surface area contributed by atoms with Crippen LogP contribution in [-0.2, 0) is 16.0 Å². The summed E-state index contributed by atoms with van der Waals surface area (Å²) in [5.41, 5.74) is 2.53. The van der Waals surface area contributed by atoms with Gasteiger partial charge in [0.1, 0.15) is 6.04 Å². The van der Waals surface area contributed by atoms with Crippen molar-refractivity contribution in [3.63, 3.8) is 0 Å². The van der Waals surface area contributed by atoms with E-state index in [1.54, 1.807) is 20.8 Å². The summed E-state index contributed by atoms with van der Waals surface area (Å²) >= 11 is 0. The molecule has 0 aliphatic rings. The molecule has 0 saturated carbocycles. The third-order valence-electron chi connectivity index (χ3n) is 3.27. The molecule has 1 amide bonds. The zero-order chi connectivity index (χ0) is 15.5. The molecule has 0 aliphatic heterocycles. The predicted molar refractivity (Wildman–Crippen MR) is 78.6 cm³/mol. The van der Waals surface area contributed by atoms with Crippen LogP contribution in [0.15, 0.2) is 18.2 Å². The number of aliphatic carboxylic acids is 1. The Bertz CT molecular complexity index is 515. The Balaban J connectivity index is 2.81. The average Bonchev–Trinajstić information content (AvgIpc) is 2.29. The van der Waals surface area contributed by atoms with Gasteiger partial charge < -0.3 is 10.4 Å². The van der Waals surface area contributed by atoms with Gasteiger partial charge in [-0.05, 0) is 30.4 Å². The Labute approximate surface area is 120 Å². The molecule has 4 heteroatoms. The molecule has 1 aromatic carbocycles. The lowest BCUT2D eigenvalue weighted by Crippen LogP contribution is -2.49. The van der Waals surface area contributed by atoms with E-state index in [0.29, 0.717) is 0 Å². The van der Waals surface area contributed by atoms with Gasteiger partial charge in [0.25, 0.3) is 0 Å². The highest BCUT2D eigenvalue weighted by molar-refractivity contribution is 5.85. The van der Waals surface area contributed by atoms with Crippen molar-refractivity contribution in [2.75, 3.05) is 0 Å². The van der Waals surface area contributed by atoms with Gasteiger partial charge in [-0.15, -0.1) is 0 Å². The van der Waals surface area contributed by atoms with E-state index in [-0.39, 0.29) is 12.3 Å². The Morgan fingerprint density at radius 2 is 1.85 bits per heavy atom. The van der Waals surface area contributed by atoms with Gasteiger partial charge in [-0.3, -0.25) is 4.79 Å². The fourth-order valence-corrected chi connectivity index (χ4v) is 2.02. The number of nitrogens with one attached hydrogen (secondary N) is 1. The number of benzene rings is 1. The van der Waals surface area contributed by atoms with E-state index < -0.39 is 17.4 Å². The molecule has 0 saturated heterocycles. The van der Waals surface area contributed by atoms with Gasteiger partial charge >= 0.3 is 5.97 Å². The Morgan fingerprint density at radius 3 is 2.35 bits per heavy atom. The highest BCUT2D eigenvalue weighted by Gasteiger charge is 2.32. The molecule has 0 aliphatic carbocycles. The van der Waals surface area contributed by atoms with Crippen LogP contribution in [0.3, 0.4) is 0 Å². The monoisotopic (exact) mass is 277 g/mol. The zero-order valence-electron chi connectivity index (χ0n) is 12.8. The van der Waals surface area contributed by atoms with E-state index in [2.05, 4.69) is 5.32 Å². The molecule has 1 aromatic rings. The molecule has 20 heavy (non-hydrogen) atoms. The first-order valence-electron chi connectivity index (χ1n) is 6.69. The first kappa shape index (κ1) is 16.2. The lowest BCUT2D eigenvalue weighted by Gasteiger charge is -2.27. The summed E-state index contributed by atoms with van der Waals surface area (Å²) in [5, 5.41) is 11.8. The maximum atomic E-state index is 12.1. The molecule has 0 heterocycles. The van der Waals surface area contributed by atoms with Crippen molar-refractivity contribution in [3.05, 3.63) is 34.9 Å². The molecule has 2 N–H and O–H groups in total. The highest BCUT2D eigenvalue weighted by atomic mass is 16.4. The molecule has 1 rings (SSSR count). The largest absolute Gasteiger partial charge is 0.480 e. The standard InChI is InChI=1S/C16H23NO3/c1-10-6-7-11(2)12(8-10)9-13(18)17-14(15(19)20)16(3,4)5/h6-8,14H,9H2,1-5H3,(H,17,18)(H,19,20)/t14-/m0/s1. The Kier molecular flexibility index (Phi) is 4.93. The molecule has 0 aromatic heterocycles. The highest BCUT2D eigenvalue weighted by Crippen LogP contribution is 2.20. The van der Waals surface area contributed by atoms with Gasteiger partial charge in [0.2, 0.25) is 5.91 Å². The third-order valence-corrected chi connectivity index (χ3v) is 3.27. The second-order valence-corrected chi connectivity index (χ2v) is 6.31. The fourth-order valence-electron chi connectivity index (χ4n) is 2.02. The normalized spacial score (nSPS) is 12.8. The number of carboxylic acids is 1. The smallest absolute Gasteiger partial charge is 0.326 e. The summed E-state index contributed by atoms with van der Waals surface area (Å²) in [7, 11) is 0. The van der Waals surface area contributed by atoms with Crippen LogP contribution in [-0.4, -0.2) is 23.0 Å². The SMILES string of the molecule is Cc1ccc(C)c(CC(=O)N[C@@H](C(=O)O)C(C)(C)C)c1. The van der Waals surface area contributed by atoms with Crippen LogP contribution in [0, 0.1) is 19.3 Å². The lowest BCUT2D eigenvalue weighted by atomic mass is 9.86. The lowest BCUT2D eigenvalue weighted by molar-refractivity contribution is -0.144. The van der Waals surface area contributed by atoms with Crippen molar-refractivity contribution in [3.8, 4) is 0 Å². The van der Waals surface area contributed by atoms with Crippen LogP contribution in [0.2, 0.25) is 0 Å². The summed E-state index contributed by atoms with van der Waals surface area (Å²) in [6.07, 6.45) is 0.202. The van der Waals surface area contributed by atoms with E-state index in [1.165, 1.54) is 0 Å². The molecule has 0 spiro atoms. The third kappa shape index (κ3) is 4.37. The van der Waals surface area contributed by atoms with Crippen LogP contribution >= 0.6 is 0 Å². The van der Waals surface area contributed by atoms with Gasteiger partial charge in [-0.2, -0.15) is 0 Å². The minimum absolute atomic E-state index is 0.202. The second kappa shape index (κ2) is 6.07. The molecule has 1 atom stereocenters. The number of aryl methyl sites for hydroxylation is 2. The van der Waals surface area contributed by atoms with Crippen molar-refractivity contribution in [2.45, 2.75) is 47.1 Å².